The Bertz CT molecular complexity index is 615. The molecule has 2 rings (SSSR count). The predicted molar refractivity (Wildman–Crippen MR) is 76.2 cm³/mol. The zero-order valence-corrected chi connectivity index (χ0v) is 12.1. The van der Waals surface area contributed by atoms with Crippen LogP contribution in [0.5, 0.6) is 5.88 Å². The van der Waals surface area contributed by atoms with Crippen LogP contribution in [-0.2, 0) is 6.54 Å². The van der Waals surface area contributed by atoms with Crippen molar-refractivity contribution in [1.82, 2.24) is 15.3 Å². The predicted octanol–water partition coefficient (Wildman–Crippen LogP) is 2.72. The number of ether oxygens (including phenoxy) is 1. The number of rotatable bonds is 4. The molecule has 0 atom stereocenters. The zero-order chi connectivity index (χ0) is 14.5. The Hall–Kier alpha value is -1.85. The van der Waals surface area contributed by atoms with Gasteiger partial charge in [-0.05, 0) is 6.07 Å². The van der Waals surface area contributed by atoms with Gasteiger partial charge in [0.2, 0.25) is 5.88 Å². The van der Waals surface area contributed by atoms with Gasteiger partial charge < -0.3 is 10.1 Å². The normalized spacial score (nSPS) is 10.2. The number of halogens is 2. The van der Waals surface area contributed by atoms with Gasteiger partial charge in [-0.3, -0.25) is 9.78 Å². The van der Waals surface area contributed by atoms with Crippen LogP contribution in [-0.4, -0.2) is 23.0 Å². The quantitative estimate of drug-likeness (QED) is 0.943. The molecule has 5 nitrogen and oxygen atoms in total. The van der Waals surface area contributed by atoms with E-state index >= 15 is 0 Å². The van der Waals surface area contributed by atoms with Crippen LogP contribution < -0.4 is 10.1 Å². The average Bonchev–Trinajstić information content (AvgIpc) is 2.45. The van der Waals surface area contributed by atoms with Crippen LogP contribution in [0.2, 0.25) is 10.0 Å². The second-order valence-corrected chi connectivity index (χ2v) is 4.65. The Labute approximate surface area is 125 Å². The molecule has 2 aromatic heterocycles. The number of methoxy groups -OCH3 is 1. The summed E-state index contributed by atoms with van der Waals surface area (Å²) in [7, 11) is 1.53. The van der Waals surface area contributed by atoms with Gasteiger partial charge in [-0.15, -0.1) is 0 Å². The van der Waals surface area contributed by atoms with Gasteiger partial charge in [0, 0.05) is 18.5 Å². The maximum Gasteiger partial charge on any atom is 0.254 e. The monoisotopic (exact) mass is 311 g/mol. The maximum absolute atomic E-state index is 12.0. The van der Waals surface area contributed by atoms with Crippen LogP contribution in [0.3, 0.4) is 0 Å². The molecule has 0 aliphatic rings. The Morgan fingerprint density at radius 3 is 2.65 bits per heavy atom. The molecule has 0 bridgehead atoms. The number of hydrogen-bond donors (Lipinski definition) is 1. The number of amides is 1. The average molecular weight is 312 g/mol. The fourth-order valence-electron chi connectivity index (χ4n) is 1.56. The van der Waals surface area contributed by atoms with Crippen molar-refractivity contribution in [2.45, 2.75) is 6.54 Å². The lowest BCUT2D eigenvalue weighted by Crippen LogP contribution is -2.24. The van der Waals surface area contributed by atoms with Gasteiger partial charge in [0.15, 0.2) is 0 Å². The molecule has 0 saturated carbocycles. The molecule has 1 amide bonds. The molecule has 20 heavy (non-hydrogen) atoms. The van der Waals surface area contributed by atoms with Crippen molar-refractivity contribution in [3.8, 4) is 5.88 Å². The summed E-state index contributed by atoms with van der Waals surface area (Å²) in [5.74, 6) is 0.101. The van der Waals surface area contributed by atoms with E-state index in [-0.39, 0.29) is 28.1 Å². The van der Waals surface area contributed by atoms with Crippen molar-refractivity contribution < 1.29 is 9.53 Å². The molecule has 2 aromatic rings. The minimum atomic E-state index is -0.382. The lowest BCUT2D eigenvalue weighted by molar-refractivity contribution is 0.0950. The summed E-state index contributed by atoms with van der Waals surface area (Å²) < 4.78 is 5.01. The van der Waals surface area contributed by atoms with E-state index in [1.54, 1.807) is 18.2 Å². The molecule has 0 aliphatic heterocycles. The first-order chi connectivity index (χ1) is 9.61. The molecule has 2 heterocycles. The zero-order valence-electron chi connectivity index (χ0n) is 10.6. The van der Waals surface area contributed by atoms with Crippen molar-refractivity contribution in [3.63, 3.8) is 0 Å². The highest BCUT2D eigenvalue weighted by molar-refractivity contribution is 6.39. The van der Waals surface area contributed by atoms with Gasteiger partial charge in [-0.25, -0.2) is 4.98 Å². The van der Waals surface area contributed by atoms with Crippen LogP contribution in [0.15, 0.2) is 30.6 Å². The summed E-state index contributed by atoms with van der Waals surface area (Å²) in [5, 5.41) is 3.10. The molecule has 7 heteroatoms. The molecule has 0 unspecified atom stereocenters. The second-order valence-electron chi connectivity index (χ2n) is 3.83. The Morgan fingerprint density at radius 1 is 1.30 bits per heavy atom. The van der Waals surface area contributed by atoms with E-state index in [0.29, 0.717) is 11.6 Å². The van der Waals surface area contributed by atoms with E-state index in [1.807, 2.05) is 0 Å². The fraction of sp³-hybridized carbons (Fsp3) is 0.154. The molecule has 104 valence electrons. The van der Waals surface area contributed by atoms with Gasteiger partial charge in [-0.1, -0.05) is 29.3 Å². The van der Waals surface area contributed by atoms with Crippen molar-refractivity contribution in [1.29, 1.82) is 0 Å². The molecule has 1 N–H and O–H groups in total. The number of pyridine rings is 2. The smallest absolute Gasteiger partial charge is 0.254 e. The highest BCUT2D eigenvalue weighted by atomic mass is 35.5. The first-order valence-corrected chi connectivity index (χ1v) is 6.44. The fourth-order valence-corrected chi connectivity index (χ4v) is 2.09. The van der Waals surface area contributed by atoms with Crippen molar-refractivity contribution in [2.75, 3.05) is 7.11 Å². The van der Waals surface area contributed by atoms with Crippen LogP contribution in [0.1, 0.15) is 16.1 Å². The topological polar surface area (TPSA) is 64.1 Å². The summed E-state index contributed by atoms with van der Waals surface area (Å²) in [5.41, 5.74) is 0.866. The summed E-state index contributed by atoms with van der Waals surface area (Å²) in [4.78, 5) is 20.0. The minimum Gasteiger partial charge on any atom is -0.481 e. The molecule has 0 spiro atoms. The van der Waals surface area contributed by atoms with Crippen molar-refractivity contribution >= 4 is 29.1 Å². The highest BCUT2D eigenvalue weighted by Crippen LogP contribution is 2.22. The molecule has 0 saturated heterocycles. The lowest BCUT2D eigenvalue weighted by Gasteiger charge is -2.08. The van der Waals surface area contributed by atoms with Gasteiger partial charge >= 0.3 is 0 Å². The summed E-state index contributed by atoms with van der Waals surface area (Å²) in [6.45, 7) is 0.241. The largest absolute Gasteiger partial charge is 0.481 e. The van der Waals surface area contributed by atoms with Gasteiger partial charge in [0.1, 0.15) is 0 Å². The third kappa shape index (κ3) is 3.37. The van der Waals surface area contributed by atoms with E-state index in [0.717, 1.165) is 0 Å². The van der Waals surface area contributed by atoms with Crippen LogP contribution >= 0.6 is 23.2 Å². The molecule has 0 aromatic carbocycles. The number of aromatic nitrogens is 2. The minimum absolute atomic E-state index is 0.200. The van der Waals surface area contributed by atoms with E-state index < -0.39 is 0 Å². The molecule has 0 radical (unpaired) electrons. The van der Waals surface area contributed by atoms with Gasteiger partial charge in [-0.2, -0.15) is 0 Å². The highest BCUT2D eigenvalue weighted by Gasteiger charge is 2.14. The van der Waals surface area contributed by atoms with E-state index in [2.05, 4.69) is 15.3 Å². The number of hydrogen-bond acceptors (Lipinski definition) is 4. The maximum atomic E-state index is 12.0. The SMILES string of the molecule is COc1cccc(CNC(=O)c2c(Cl)cncc2Cl)n1. The Morgan fingerprint density at radius 2 is 2.00 bits per heavy atom. The second kappa shape index (κ2) is 6.54. The third-order valence-electron chi connectivity index (χ3n) is 2.50. The standard InChI is InChI=1S/C13H11Cl2N3O2/c1-20-11-4-2-3-8(18-11)5-17-13(19)12-9(14)6-16-7-10(12)15/h2-4,6-7H,5H2,1H3,(H,17,19). The van der Waals surface area contributed by atoms with Gasteiger partial charge in [0.25, 0.3) is 5.91 Å². The van der Waals surface area contributed by atoms with Crippen molar-refractivity contribution in [2.24, 2.45) is 0 Å². The molecule has 0 aliphatic carbocycles. The molecular weight excluding hydrogens is 301 g/mol. The summed E-state index contributed by atoms with van der Waals surface area (Å²) in [6.07, 6.45) is 2.73. The summed E-state index contributed by atoms with van der Waals surface area (Å²) >= 11 is 11.8. The number of nitrogens with zero attached hydrogens (tertiary/aromatic N) is 2. The third-order valence-corrected chi connectivity index (χ3v) is 3.07. The van der Waals surface area contributed by atoms with E-state index in [9.17, 15) is 4.79 Å². The summed E-state index contributed by atoms with van der Waals surface area (Å²) in [6, 6.07) is 5.29. The Balaban J connectivity index is 2.09. The van der Waals surface area contributed by atoms with Crippen LogP contribution in [0.25, 0.3) is 0 Å². The van der Waals surface area contributed by atoms with E-state index in [4.69, 9.17) is 27.9 Å². The molecule has 0 fully saturated rings. The Kier molecular flexibility index (Phi) is 4.76. The number of carbonyl (C=O) groups is 1. The van der Waals surface area contributed by atoms with Crippen LogP contribution in [0.4, 0.5) is 0 Å². The van der Waals surface area contributed by atoms with Crippen LogP contribution in [0, 0.1) is 0 Å². The number of nitrogens with one attached hydrogen (secondary N) is 1. The van der Waals surface area contributed by atoms with E-state index in [1.165, 1.54) is 19.5 Å². The molecular formula is C13H11Cl2N3O2. The lowest BCUT2D eigenvalue weighted by atomic mass is 10.2. The van der Waals surface area contributed by atoms with Gasteiger partial charge in [0.05, 0.1) is 35.0 Å². The first-order valence-electron chi connectivity index (χ1n) is 5.69. The first kappa shape index (κ1) is 14.6. The van der Waals surface area contributed by atoms with Crippen molar-refractivity contribution in [3.05, 3.63) is 51.9 Å². The number of carbonyl (C=O) groups excluding carboxylic acids is 1.